The van der Waals surface area contributed by atoms with Gasteiger partial charge in [0.25, 0.3) is 0 Å². The first-order chi connectivity index (χ1) is 27.5. The van der Waals surface area contributed by atoms with Crippen molar-refractivity contribution in [3.05, 3.63) is 60.8 Å². The fourth-order valence-electron chi connectivity index (χ4n) is 6.88. The van der Waals surface area contributed by atoms with Crippen LogP contribution >= 0.6 is 0 Å². The zero-order valence-electron chi connectivity index (χ0n) is 36.8. The van der Waals surface area contributed by atoms with Crippen molar-refractivity contribution in [2.24, 2.45) is 0 Å². The standard InChI is InChI=1S/C50H89NO5/c1-4-7-10-13-16-19-22-24-26-28-31-34-37-40-43-50(55)56-46(41-38-35-32-29-27-25-23-20-17-14-11-8-5-2)44-49(54)51-47(45-52)48(53)42-39-36-33-30-21-18-15-12-9-6-3/h7-8,10-11,14,16-17,19-20,23,46-48,52-53H,4-6,9,12-13,15,18,21-22,24-45H2,1-3H3,(H,51,54)/b10-7+,11-8+,17-14+,19-16+,23-20+. The van der Waals surface area contributed by atoms with E-state index in [0.29, 0.717) is 19.3 Å². The molecule has 0 spiro atoms. The van der Waals surface area contributed by atoms with Crippen molar-refractivity contribution in [2.75, 3.05) is 6.61 Å². The third kappa shape index (κ3) is 38.4. The summed E-state index contributed by atoms with van der Waals surface area (Å²) in [7, 11) is 0. The Morgan fingerprint density at radius 3 is 1.64 bits per heavy atom. The van der Waals surface area contributed by atoms with Gasteiger partial charge in [-0.1, -0.05) is 197 Å². The summed E-state index contributed by atoms with van der Waals surface area (Å²) in [6.45, 7) is 6.22. The summed E-state index contributed by atoms with van der Waals surface area (Å²) in [6, 6.07) is -0.709. The summed E-state index contributed by atoms with van der Waals surface area (Å²) < 4.78 is 5.90. The number of allylic oxidation sites excluding steroid dienone is 10. The smallest absolute Gasteiger partial charge is 0.306 e. The molecule has 0 bridgehead atoms. The lowest BCUT2D eigenvalue weighted by atomic mass is 10.0. The van der Waals surface area contributed by atoms with E-state index in [1.54, 1.807) is 0 Å². The first-order valence-corrected chi connectivity index (χ1v) is 23.5. The highest BCUT2D eigenvalue weighted by Gasteiger charge is 2.24. The molecule has 0 heterocycles. The Hall–Kier alpha value is -2.44. The minimum absolute atomic E-state index is 0.0591. The van der Waals surface area contributed by atoms with Gasteiger partial charge >= 0.3 is 5.97 Å². The molecule has 0 saturated heterocycles. The number of rotatable bonds is 41. The van der Waals surface area contributed by atoms with Gasteiger partial charge in [-0.2, -0.15) is 0 Å². The number of carbonyl (C=O) groups excluding carboxylic acids is 2. The molecule has 0 aliphatic rings. The lowest BCUT2D eigenvalue weighted by Gasteiger charge is -2.24. The van der Waals surface area contributed by atoms with Gasteiger partial charge in [-0.15, -0.1) is 0 Å². The molecule has 0 aromatic rings. The maximum Gasteiger partial charge on any atom is 0.306 e. The van der Waals surface area contributed by atoms with Crippen LogP contribution < -0.4 is 5.32 Å². The van der Waals surface area contributed by atoms with E-state index >= 15 is 0 Å². The fraction of sp³-hybridized carbons (Fsp3) is 0.760. The minimum Gasteiger partial charge on any atom is -0.462 e. The van der Waals surface area contributed by atoms with E-state index < -0.39 is 18.2 Å². The number of esters is 1. The molecule has 0 radical (unpaired) electrons. The molecule has 3 N–H and O–H groups in total. The van der Waals surface area contributed by atoms with Gasteiger partial charge in [0.15, 0.2) is 0 Å². The van der Waals surface area contributed by atoms with E-state index in [-0.39, 0.29) is 24.9 Å². The number of nitrogens with one attached hydrogen (secondary N) is 1. The summed E-state index contributed by atoms with van der Waals surface area (Å²) in [4.78, 5) is 26.0. The van der Waals surface area contributed by atoms with Gasteiger partial charge in [-0.05, 0) is 70.6 Å². The Bertz CT molecular complexity index is 1010. The van der Waals surface area contributed by atoms with Crippen LogP contribution in [0.3, 0.4) is 0 Å². The van der Waals surface area contributed by atoms with Crippen molar-refractivity contribution >= 4 is 11.9 Å². The molecule has 0 aliphatic heterocycles. The van der Waals surface area contributed by atoms with Crippen LogP contribution in [0.4, 0.5) is 0 Å². The number of hydrogen-bond acceptors (Lipinski definition) is 5. The lowest BCUT2D eigenvalue weighted by Crippen LogP contribution is -2.46. The fourth-order valence-corrected chi connectivity index (χ4v) is 6.88. The topological polar surface area (TPSA) is 95.9 Å². The molecule has 0 rings (SSSR count). The van der Waals surface area contributed by atoms with Crippen LogP contribution in [0.1, 0.15) is 220 Å². The van der Waals surface area contributed by atoms with Crippen molar-refractivity contribution in [3.63, 3.8) is 0 Å². The molecule has 1 amide bonds. The Kier molecular flexibility index (Phi) is 41.8. The number of carbonyl (C=O) groups is 2. The molecule has 6 heteroatoms. The largest absolute Gasteiger partial charge is 0.462 e. The second-order valence-corrected chi connectivity index (χ2v) is 15.8. The average Bonchev–Trinajstić information content (AvgIpc) is 3.19. The average molecular weight is 784 g/mol. The third-order valence-electron chi connectivity index (χ3n) is 10.4. The highest BCUT2D eigenvalue weighted by atomic mass is 16.5. The van der Waals surface area contributed by atoms with Crippen LogP contribution in [0.25, 0.3) is 0 Å². The quantitative estimate of drug-likeness (QED) is 0.0248. The van der Waals surface area contributed by atoms with Crippen LogP contribution in [0.5, 0.6) is 0 Å². The van der Waals surface area contributed by atoms with E-state index in [1.807, 2.05) is 0 Å². The second-order valence-electron chi connectivity index (χ2n) is 15.8. The predicted molar refractivity (Wildman–Crippen MR) is 241 cm³/mol. The zero-order valence-corrected chi connectivity index (χ0v) is 36.8. The SMILES string of the molecule is CC/C=C/C=C/C=C/CCCCCCCC(CC(=O)NC(CO)C(O)CCCCCCCCCCCC)OC(=O)CCCCCCCCC/C=C/C/C=C/CC. The summed E-state index contributed by atoms with van der Waals surface area (Å²) in [6.07, 6.45) is 52.8. The van der Waals surface area contributed by atoms with Crippen molar-refractivity contribution in [3.8, 4) is 0 Å². The van der Waals surface area contributed by atoms with Gasteiger partial charge in [0.05, 0.1) is 25.2 Å². The molecule has 6 nitrogen and oxygen atoms in total. The number of aliphatic hydroxyl groups excluding tert-OH is 2. The Labute approximate surface area is 346 Å². The number of ether oxygens (including phenoxy) is 1. The first-order valence-electron chi connectivity index (χ1n) is 23.5. The lowest BCUT2D eigenvalue weighted by molar-refractivity contribution is -0.151. The molecule has 0 fully saturated rings. The van der Waals surface area contributed by atoms with Crippen molar-refractivity contribution in [2.45, 2.75) is 238 Å². The summed E-state index contributed by atoms with van der Waals surface area (Å²) in [5.41, 5.74) is 0. The number of hydrogen-bond donors (Lipinski definition) is 3. The highest BCUT2D eigenvalue weighted by Crippen LogP contribution is 2.17. The van der Waals surface area contributed by atoms with Crippen LogP contribution in [0, 0.1) is 0 Å². The van der Waals surface area contributed by atoms with Crippen molar-refractivity contribution < 1.29 is 24.5 Å². The van der Waals surface area contributed by atoms with E-state index in [0.717, 1.165) is 103 Å². The molecule has 0 aromatic heterocycles. The van der Waals surface area contributed by atoms with Gasteiger partial charge in [0.2, 0.25) is 5.91 Å². The first kappa shape index (κ1) is 53.6. The molecule has 3 unspecified atom stereocenters. The molecule has 0 aromatic carbocycles. The molecule has 3 atom stereocenters. The van der Waals surface area contributed by atoms with E-state index in [9.17, 15) is 19.8 Å². The Balaban J connectivity index is 4.64. The molecule has 56 heavy (non-hydrogen) atoms. The van der Waals surface area contributed by atoms with Crippen LogP contribution in [0.15, 0.2) is 60.8 Å². The molecule has 324 valence electrons. The van der Waals surface area contributed by atoms with Gasteiger partial charge in [0.1, 0.15) is 6.10 Å². The molecular formula is C50H89NO5. The predicted octanol–water partition coefficient (Wildman–Crippen LogP) is 13.7. The normalized spacial score (nSPS) is 13.9. The maximum absolute atomic E-state index is 13.1. The number of aliphatic hydroxyl groups is 2. The van der Waals surface area contributed by atoms with Crippen LogP contribution in [-0.4, -0.2) is 46.9 Å². The minimum atomic E-state index is -0.794. The molecular weight excluding hydrogens is 695 g/mol. The van der Waals surface area contributed by atoms with E-state index in [4.69, 9.17) is 4.74 Å². The van der Waals surface area contributed by atoms with Crippen molar-refractivity contribution in [1.29, 1.82) is 0 Å². The number of amides is 1. The van der Waals surface area contributed by atoms with E-state index in [2.05, 4.69) is 86.8 Å². The van der Waals surface area contributed by atoms with Crippen LogP contribution in [-0.2, 0) is 14.3 Å². The van der Waals surface area contributed by atoms with Crippen molar-refractivity contribution in [1.82, 2.24) is 5.32 Å². The summed E-state index contributed by atoms with van der Waals surface area (Å²) in [5, 5.41) is 23.6. The van der Waals surface area contributed by atoms with Gasteiger partial charge in [-0.25, -0.2) is 0 Å². The van der Waals surface area contributed by atoms with Gasteiger partial charge in [0, 0.05) is 6.42 Å². The monoisotopic (exact) mass is 784 g/mol. The molecule has 0 saturated carbocycles. The summed E-state index contributed by atoms with van der Waals surface area (Å²) in [5.74, 6) is -0.507. The second kappa shape index (κ2) is 43.7. The third-order valence-corrected chi connectivity index (χ3v) is 10.4. The van der Waals surface area contributed by atoms with Gasteiger partial charge < -0.3 is 20.3 Å². The summed E-state index contributed by atoms with van der Waals surface area (Å²) >= 11 is 0. The zero-order chi connectivity index (χ0) is 41.0. The van der Waals surface area contributed by atoms with Gasteiger partial charge in [-0.3, -0.25) is 9.59 Å². The number of unbranched alkanes of at least 4 members (excludes halogenated alkanes) is 21. The molecule has 0 aliphatic carbocycles. The highest BCUT2D eigenvalue weighted by molar-refractivity contribution is 5.77. The Morgan fingerprint density at radius 1 is 0.554 bits per heavy atom. The maximum atomic E-state index is 13.1. The van der Waals surface area contributed by atoms with E-state index in [1.165, 1.54) is 70.6 Å². The Morgan fingerprint density at radius 2 is 1.05 bits per heavy atom. The van der Waals surface area contributed by atoms with Crippen LogP contribution in [0.2, 0.25) is 0 Å².